The second kappa shape index (κ2) is 3.84. The van der Waals surface area contributed by atoms with Crippen LogP contribution in [0.3, 0.4) is 0 Å². The summed E-state index contributed by atoms with van der Waals surface area (Å²) in [5, 5.41) is 1.52. The molecule has 0 fully saturated rings. The minimum atomic E-state index is 0.107. The van der Waals surface area contributed by atoms with Gasteiger partial charge in [-0.25, -0.2) is 0 Å². The van der Waals surface area contributed by atoms with E-state index in [0.29, 0.717) is 0 Å². The van der Waals surface area contributed by atoms with E-state index in [4.69, 9.17) is 0 Å². The van der Waals surface area contributed by atoms with E-state index in [0.717, 1.165) is 30.9 Å². The summed E-state index contributed by atoms with van der Waals surface area (Å²) in [5.41, 5.74) is 3.05. The predicted molar refractivity (Wildman–Crippen MR) is 79.5 cm³/mol. The van der Waals surface area contributed by atoms with E-state index in [-0.39, 0.29) is 5.43 Å². The average Bonchev–Trinajstić information content (AvgIpc) is 2.31. The number of aromatic nitrogens is 1. The molecule has 0 aliphatic carbocycles. The zero-order chi connectivity index (χ0) is 12.0. The lowest BCUT2D eigenvalue weighted by atomic mass is 10.1. The number of H-pyrrole nitrogens is 1. The van der Waals surface area contributed by atoms with Crippen LogP contribution in [0.4, 0.5) is 0 Å². The Labute approximate surface area is 112 Å². The van der Waals surface area contributed by atoms with E-state index in [1.807, 2.05) is 37.3 Å². The summed E-state index contributed by atoms with van der Waals surface area (Å²) in [4.78, 5) is 15.7. The zero-order valence-corrected chi connectivity index (χ0v) is 11.4. The van der Waals surface area contributed by atoms with Gasteiger partial charge in [-0.1, -0.05) is 12.1 Å². The van der Waals surface area contributed by atoms with Gasteiger partial charge in [0.1, 0.15) is 0 Å². The minimum Gasteiger partial charge on any atom is -0.354 e. The topological polar surface area (TPSA) is 32.9 Å². The van der Waals surface area contributed by atoms with Crippen molar-refractivity contribution in [1.82, 2.24) is 4.98 Å². The lowest BCUT2D eigenvalue weighted by Crippen LogP contribution is -2.05. The standard InChI is InChI=1S/C14H10INO/c1-8-6-9(15)7-11-13(8)16-12-5-3-2-4-10(12)14(11)17/h2-7H,1H3,(H,16,17). The number of halogens is 1. The lowest BCUT2D eigenvalue weighted by molar-refractivity contribution is 1.40. The van der Waals surface area contributed by atoms with Gasteiger partial charge in [-0.2, -0.15) is 0 Å². The molecule has 2 nitrogen and oxygen atoms in total. The third kappa shape index (κ3) is 1.65. The third-order valence-electron chi connectivity index (χ3n) is 2.98. The fraction of sp³-hybridized carbons (Fsp3) is 0.0714. The van der Waals surface area contributed by atoms with Crippen LogP contribution in [0.1, 0.15) is 5.56 Å². The maximum Gasteiger partial charge on any atom is 0.197 e. The van der Waals surface area contributed by atoms with E-state index in [1.165, 1.54) is 0 Å². The van der Waals surface area contributed by atoms with Gasteiger partial charge in [-0.15, -0.1) is 0 Å². The van der Waals surface area contributed by atoms with Crippen molar-refractivity contribution in [2.75, 3.05) is 0 Å². The van der Waals surface area contributed by atoms with Gasteiger partial charge in [0.15, 0.2) is 5.43 Å². The molecule has 0 spiro atoms. The second-order valence-electron chi connectivity index (χ2n) is 4.14. The second-order valence-corrected chi connectivity index (χ2v) is 5.39. The molecule has 84 valence electrons. The van der Waals surface area contributed by atoms with Gasteiger partial charge in [0, 0.05) is 19.9 Å². The Morgan fingerprint density at radius 3 is 2.71 bits per heavy atom. The predicted octanol–water partition coefficient (Wildman–Crippen LogP) is 3.59. The number of pyridine rings is 1. The van der Waals surface area contributed by atoms with Crippen molar-refractivity contribution in [3.8, 4) is 0 Å². The van der Waals surface area contributed by atoms with Crippen LogP contribution in [0.2, 0.25) is 0 Å². The minimum absolute atomic E-state index is 0.107. The van der Waals surface area contributed by atoms with Gasteiger partial charge in [-0.3, -0.25) is 4.79 Å². The molecular weight excluding hydrogens is 325 g/mol. The van der Waals surface area contributed by atoms with E-state index >= 15 is 0 Å². The first-order chi connectivity index (χ1) is 8.16. The number of aromatic amines is 1. The molecule has 0 radical (unpaired) electrons. The Kier molecular flexibility index (Phi) is 2.43. The van der Waals surface area contributed by atoms with Crippen molar-refractivity contribution in [3.05, 3.63) is 55.8 Å². The smallest absolute Gasteiger partial charge is 0.197 e. The highest BCUT2D eigenvalue weighted by Gasteiger charge is 2.07. The molecule has 3 heteroatoms. The average molecular weight is 335 g/mol. The molecule has 0 amide bonds. The first-order valence-corrected chi connectivity index (χ1v) is 6.45. The number of hydrogen-bond acceptors (Lipinski definition) is 1. The fourth-order valence-corrected chi connectivity index (χ4v) is 2.94. The molecule has 1 aromatic heterocycles. The SMILES string of the molecule is Cc1cc(I)cc2c(=O)c3ccccc3[nH]c12. The fourth-order valence-electron chi connectivity index (χ4n) is 2.16. The van der Waals surface area contributed by atoms with Crippen LogP contribution in [0.15, 0.2) is 41.2 Å². The number of para-hydroxylation sites is 1. The van der Waals surface area contributed by atoms with Crippen LogP contribution < -0.4 is 5.43 Å². The van der Waals surface area contributed by atoms with Crippen LogP contribution in [0.25, 0.3) is 21.8 Å². The molecule has 0 aliphatic rings. The van der Waals surface area contributed by atoms with Crippen molar-refractivity contribution in [3.63, 3.8) is 0 Å². The molecule has 0 aliphatic heterocycles. The Balaban J connectivity index is 2.64. The zero-order valence-electron chi connectivity index (χ0n) is 9.25. The molecule has 17 heavy (non-hydrogen) atoms. The first kappa shape index (κ1) is 10.8. The van der Waals surface area contributed by atoms with Crippen molar-refractivity contribution in [1.29, 1.82) is 0 Å². The Bertz CT molecular complexity index is 789. The number of nitrogens with one attached hydrogen (secondary N) is 1. The molecule has 3 rings (SSSR count). The van der Waals surface area contributed by atoms with Gasteiger partial charge in [0.05, 0.1) is 5.52 Å². The summed E-state index contributed by atoms with van der Waals surface area (Å²) in [6, 6.07) is 11.6. The van der Waals surface area contributed by atoms with Crippen LogP contribution in [0.5, 0.6) is 0 Å². The molecule has 1 heterocycles. The summed E-state index contributed by atoms with van der Waals surface area (Å²) in [7, 11) is 0. The van der Waals surface area contributed by atoms with Crippen molar-refractivity contribution < 1.29 is 0 Å². The summed E-state index contributed by atoms with van der Waals surface area (Å²) in [5.74, 6) is 0. The van der Waals surface area contributed by atoms with Crippen LogP contribution >= 0.6 is 22.6 Å². The highest BCUT2D eigenvalue weighted by Crippen LogP contribution is 2.20. The molecule has 0 bridgehead atoms. The van der Waals surface area contributed by atoms with E-state index in [1.54, 1.807) is 0 Å². The highest BCUT2D eigenvalue weighted by atomic mass is 127. The number of rotatable bonds is 0. The van der Waals surface area contributed by atoms with Crippen molar-refractivity contribution in [2.45, 2.75) is 6.92 Å². The molecule has 3 aromatic rings. The molecule has 1 N–H and O–H groups in total. The molecule has 0 saturated carbocycles. The maximum absolute atomic E-state index is 12.4. The Morgan fingerprint density at radius 1 is 1.12 bits per heavy atom. The quantitative estimate of drug-likeness (QED) is 0.494. The number of aryl methyl sites for hydroxylation is 1. The summed E-state index contributed by atoms with van der Waals surface area (Å²) >= 11 is 2.24. The highest BCUT2D eigenvalue weighted by molar-refractivity contribution is 14.1. The van der Waals surface area contributed by atoms with E-state index < -0.39 is 0 Å². The normalized spacial score (nSPS) is 11.2. The van der Waals surface area contributed by atoms with Crippen molar-refractivity contribution >= 4 is 44.4 Å². The summed E-state index contributed by atoms with van der Waals surface area (Å²) in [6.07, 6.45) is 0. The van der Waals surface area contributed by atoms with Crippen LogP contribution in [-0.4, -0.2) is 4.98 Å². The van der Waals surface area contributed by atoms with Gasteiger partial charge >= 0.3 is 0 Å². The Morgan fingerprint density at radius 2 is 1.88 bits per heavy atom. The lowest BCUT2D eigenvalue weighted by Gasteiger charge is -2.06. The number of benzene rings is 2. The van der Waals surface area contributed by atoms with Crippen LogP contribution in [0, 0.1) is 10.5 Å². The summed E-state index contributed by atoms with van der Waals surface area (Å²) in [6.45, 7) is 2.02. The molecule has 0 saturated heterocycles. The van der Waals surface area contributed by atoms with E-state index in [2.05, 4.69) is 33.6 Å². The Hall–Kier alpha value is -1.36. The number of fused-ring (bicyclic) bond motifs is 2. The third-order valence-corrected chi connectivity index (χ3v) is 3.60. The van der Waals surface area contributed by atoms with Gasteiger partial charge < -0.3 is 4.98 Å². The molecule has 0 unspecified atom stereocenters. The molecule has 2 aromatic carbocycles. The molecular formula is C14H10INO. The number of hydrogen-bond donors (Lipinski definition) is 1. The largest absolute Gasteiger partial charge is 0.354 e. The maximum atomic E-state index is 12.4. The van der Waals surface area contributed by atoms with Gasteiger partial charge in [0.25, 0.3) is 0 Å². The van der Waals surface area contributed by atoms with Gasteiger partial charge in [0.2, 0.25) is 0 Å². The van der Waals surface area contributed by atoms with Gasteiger partial charge in [-0.05, 0) is 59.3 Å². The summed E-state index contributed by atoms with van der Waals surface area (Å²) < 4.78 is 1.09. The van der Waals surface area contributed by atoms with Crippen molar-refractivity contribution in [2.24, 2.45) is 0 Å². The first-order valence-electron chi connectivity index (χ1n) is 5.38. The van der Waals surface area contributed by atoms with E-state index in [9.17, 15) is 4.79 Å². The van der Waals surface area contributed by atoms with Crippen LogP contribution in [-0.2, 0) is 0 Å². The molecule has 0 atom stereocenters. The monoisotopic (exact) mass is 335 g/mol.